The molecule has 0 radical (unpaired) electrons. The van der Waals surface area contributed by atoms with E-state index in [1.165, 1.54) is 6.08 Å². The summed E-state index contributed by atoms with van der Waals surface area (Å²) in [6, 6.07) is 9.06. The van der Waals surface area contributed by atoms with Crippen LogP contribution in [0.25, 0.3) is 6.08 Å². The third-order valence-corrected chi connectivity index (χ3v) is 1.65. The molecule has 0 saturated heterocycles. The van der Waals surface area contributed by atoms with Gasteiger partial charge in [0.15, 0.2) is 0 Å². The number of rotatable bonds is 3. The van der Waals surface area contributed by atoms with Crippen LogP contribution in [0, 0.1) is 0 Å². The monoisotopic (exact) mass is 240 g/mol. The van der Waals surface area contributed by atoms with Crippen molar-refractivity contribution in [3.8, 4) is 0 Å². The molecule has 0 atom stereocenters. The maximum absolute atomic E-state index is 10.2. The van der Waals surface area contributed by atoms with Gasteiger partial charge in [0.25, 0.3) is 0 Å². The van der Waals surface area contributed by atoms with Crippen LogP contribution in [0.15, 0.2) is 36.6 Å². The van der Waals surface area contributed by atoms with Crippen LogP contribution in [0.3, 0.4) is 0 Å². The van der Waals surface area contributed by atoms with Crippen molar-refractivity contribution in [1.29, 1.82) is 0 Å². The topological polar surface area (TPSA) is 66.8 Å². The normalized spacial score (nSPS) is 11.0. The zero-order chi connectivity index (χ0) is 9.73. The number of hydrogen-bond acceptors (Lipinski definition) is 2. The first-order valence-electron chi connectivity index (χ1n) is 3.53. The summed E-state index contributed by atoms with van der Waals surface area (Å²) in [5.74, 6) is 0. The molecule has 14 heavy (non-hydrogen) atoms. The summed E-state index contributed by atoms with van der Waals surface area (Å²) in [7, 11) is -4.39. The second kappa shape index (κ2) is 6.93. The number of phosphoric acid groups is 1. The van der Waals surface area contributed by atoms with Gasteiger partial charge in [-0.05, 0) is 11.6 Å². The van der Waals surface area contributed by atoms with E-state index in [1.54, 1.807) is 12.1 Å². The Kier molecular flexibility index (Phi) is 7.20. The molecule has 0 heterocycles. The third-order valence-electron chi connectivity index (χ3n) is 1.26. The first-order valence-corrected chi connectivity index (χ1v) is 5.06. The molecule has 1 aromatic rings. The predicted octanol–water partition coefficient (Wildman–Crippen LogP) is 1.12. The van der Waals surface area contributed by atoms with Crippen molar-refractivity contribution >= 4 is 65.3 Å². The SMILES string of the molecule is O=P(O)(O)OC=Cc1ccccc1.[KH]. The predicted molar refractivity (Wildman–Crippen MR) is 55.8 cm³/mol. The van der Waals surface area contributed by atoms with Crippen molar-refractivity contribution < 1.29 is 18.9 Å². The first-order chi connectivity index (χ1) is 6.08. The molecule has 1 aromatic carbocycles. The summed E-state index contributed by atoms with van der Waals surface area (Å²) in [4.78, 5) is 16.7. The number of benzene rings is 1. The minimum atomic E-state index is -4.39. The van der Waals surface area contributed by atoms with Gasteiger partial charge in [0.05, 0.1) is 6.26 Å². The summed E-state index contributed by atoms with van der Waals surface area (Å²) in [5, 5.41) is 0. The molecule has 0 amide bonds. The van der Waals surface area contributed by atoms with E-state index in [2.05, 4.69) is 4.52 Å². The van der Waals surface area contributed by atoms with Crippen LogP contribution in [0.4, 0.5) is 0 Å². The molecule has 0 bridgehead atoms. The molecule has 0 fully saturated rings. The fourth-order valence-corrected chi connectivity index (χ4v) is 0.972. The molecule has 0 saturated carbocycles. The minimum absolute atomic E-state index is 0. The summed E-state index contributed by atoms with van der Waals surface area (Å²) >= 11 is 0. The molecular formula is C8H10KO4P. The van der Waals surface area contributed by atoms with Gasteiger partial charge >= 0.3 is 59.2 Å². The van der Waals surface area contributed by atoms with Gasteiger partial charge in [0.1, 0.15) is 0 Å². The molecule has 72 valence electrons. The molecule has 4 nitrogen and oxygen atoms in total. The van der Waals surface area contributed by atoms with E-state index in [0.29, 0.717) is 0 Å². The average molecular weight is 240 g/mol. The van der Waals surface area contributed by atoms with E-state index in [0.717, 1.165) is 11.8 Å². The zero-order valence-electron chi connectivity index (χ0n) is 6.70. The van der Waals surface area contributed by atoms with Gasteiger partial charge in [0, 0.05) is 0 Å². The van der Waals surface area contributed by atoms with Crippen molar-refractivity contribution in [2.75, 3.05) is 0 Å². The third kappa shape index (κ3) is 6.92. The Bertz CT molecular complexity index is 332. The van der Waals surface area contributed by atoms with Crippen LogP contribution < -0.4 is 0 Å². The Labute approximate surface area is 125 Å². The second-order valence-electron chi connectivity index (χ2n) is 2.31. The van der Waals surface area contributed by atoms with Crippen molar-refractivity contribution in [3.05, 3.63) is 42.2 Å². The van der Waals surface area contributed by atoms with E-state index in [9.17, 15) is 4.57 Å². The van der Waals surface area contributed by atoms with Gasteiger partial charge in [-0.25, -0.2) is 4.57 Å². The summed E-state index contributed by atoms with van der Waals surface area (Å²) in [5.41, 5.74) is 0.816. The van der Waals surface area contributed by atoms with Crippen molar-refractivity contribution in [2.45, 2.75) is 0 Å². The Morgan fingerprint density at radius 2 is 1.79 bits per heavy atom. The second-order valence-corrected chi connectivity index (χ2v) is 3.50. The summed E-state index contributed by atoms with van der Waals surface area (Å²) < 4.78 is 14.4. The molecule has 2 N–H and O–H groups in total. The zero-order valence-corrected chi connectivity index (χ0v) is 7.59. The quantitative estimate of drug-likeness (QED) is 0.472. The van der Waals surface area contributed by atoms with Gasteiger partial charge in [-0.2, -0.15) is 0 Å². The summed E-state index contributed by atoms with van der Waals surface area (Å²) in [6.45, 7) is 0. The molecule has 0 unspecified atom stereocenters. The molecule has 0 aliphatic rings. The molecule has 0 aliphatic carbocycles. The first kappa shape index (κ1) is 14.5. The molecule has 0 aliphatic heterocycles. The number of phosphoric ester groups is 1. The van der Waals surface area contributed by atoms with Crippen LogP contribution >= 0.6 is 7.82 Å². The van der Waals surface area contributed by atoms with E-state index in [1.807, 2.05) is 18.2 Å². The molecule has 6 heteroatoms. The van der Waals surface area contributed by atoms with Crippen molar-refractivity contribution in [2.24, 2.45) is 0 Å². The van der Waals surface area contributed by atoms with Gasteiger partial charge in [-0.15, -0.1) is 0 Å². The van der Waals surface area contributed by atoms with Gasteiger partial charge in [0.2, 0.25) is 0 Å². The Balaban J connectivity index is 0.00000169. The van der Waals surface area contributed by atoms with E-state index in [4.69, 9.17) is 9.79 Å². The van der Waals surface area contributed by atoms with Crippen LogP contribution in [-0.4, -0.2) is 61.2 Å². The standard InChI is InChI=1S/C8H9O4P.K.H/c9-13(10,11)12-7-6-8-4-2-1-3-5-8;;/h1-7H,(H2,9,10,11);;. The van der Waals surface area contributed by atoms with Crippen LogP contribution in [0.5, 0.6) is 0 Å². The van der Waals surface area contributed by atoms with Gasteiger partial charge in [-0.3, -0.25) is 9.79 Å². The fourth-order valence-electron chi connectivity index (χ4n) is 0.752. The van der Waals surface area contributed by atoms with Crippen LogP contribution in [-0.2, 0) is 9.09 Å². The van der Waals surface area contributed by atoms with Crippen molar-refractivity contribution in [1.82, 2.24) is 0 Å². The van der Waals surface area contributed by atoms with Gasteiger partial charge in [-0.1, -0.05) is 30.3 Å². The van der Waals surface area contributed by atoms with E-state index >= 15 is 0 Å². The molecule has 0 spiro atoms. The molecule has 1 rings (SSSR count). The molecular weight excluding hydrogens is 230 g/mol. The van der Waals surface area contributed by atoms with Crippen molar-refractivity contribution in [3.63, 3.8) is 0 Å². The van der Waals surface area contributed by atoms with Gasteiger partial charge < -0.3 is 4.52 Å². The van der Waals surface area contributed by atoms with Crippen LogP contribution in [0.1, 0.15) is 5.56 Å². The van der Waals surface area contributed by atoms with Crippen LogP contribution in [0.2, 0.25) is 0 Å². The van der Waals surface area contributed by atoms with E-state index in [-0.39, 0.29) is 51.4 Å². The number of hydrogen-bond donors (Lipinski definition) is 2. The van der Waals surface area contributed by atoms with E-state index < -0.39 is 7.82 Å². The maximum atomic E-state index is 10.2. The Hall–Kier alpha value is 0.546. The average Bonchev–Trinajstić information content (AvgIpc) is 2.04. The Morgan fingerprint density at radius 3 is 2.29 bits per heavy atom. The fraction of sp³-hybridized carbons (Fsp3) is 0. The summed E-state index contributed by atoms with van der Waals surface area (Å²) in [6.07, 6.45) is 2.45. The molecule has 0 aromatic heterocycles. The Morgan fingerprint density at radius 1 is 1.21 bits per heavy atom.